The van der Waals surface area contributed by atoms with E-state index in [9.17, 15) is 34.2 Å². The molecule has 0 aliphatic carbocycles. The van der Waals surface area contributed by atoms with E-state index < -0.39 is 57.4 Å². The molecule has 0 aromatic heterocycles. The van der Waals surface area contributed by atoms with Crippen molar-refractivity contribution in [3.05, 3.63) is 160 Å². The van der Waals surface area contributed by atoms with Gasteiger partial charge in [0, 0.05) is 16.7 Å². The minimum absolute atomic E-state index is 0.0209. The first-order chi connectivity index (χ1) is 22.2. The molecule has 0 fully saturated rings. The Bertz CT molecular complexity index is 1950. The predicted octanol–water partition coefficient (Wildman–Crippen LogP) is 6.34. The van der Waals surface area contributed by atoms with Crippen LogP contribution in [0.5, 0.6) is 17.2 Å². The molecule has 0 atom stereocenters. The van der Waals surface area contributed by atoms with Gasteiger partial charge in [0.15, 0.2) is 28.8 Å². The second kappa shape index (κ2) is 13.5. The lowest BCUT2D eigenvalue weighted by Crippen LogP contribution is -2.21. The second-order valence-electron chi connectivity index (χ2n) is 10.1. The summed E-state index contributed by atoms with van der Waals surface area (Å²) in [7, 11) is 0. The number of aromatic hydroxyl groups is 2. The number of ketones is 3. The van der Waals surface area contributed by atoms with Crippen molar-refractivity contribution in [3.63, 3.8) is 0 Å². The number of hydrogen-bond acceptors (Lipinski definition) is 9. The van der Waals surface area contributed by atoms with Crippen molar-refractivity contribution in [1.29, 1.82) is 0 Å². The number of carbonyl (C=O) groups excluding carboxylic acids is 5. The molecule has 46 heavy (non-hydrogen) atoms. The third-order valence-corrected chi connectivity index (χ3v) is 7.07. The maximum Gasteiger partial charge on any atom is 0.343 e. The van der Waals surface area contributed by atoms with Crippen LogP contribution in [0.25, 0.3) is 0 Å². The molecule has 0 saturated heterocycles. The van der Waals surface area contributed by atoms with Crippen LogP contribution in [0, 0.1) is 0 Å². The lowest BCUT2D eigenvalue weighted by atomic mass is 9.88. The maximum absolute atomic E-state index is 14.3. The van der Waals surface area contributed by atoms with Gasteiger partial charge in [-0.25, -0.2) is 9.59 Å². The minimum atomic E-state index is -1.21. The Kier molecular flexibility index (Phi) is 9.14. The first-order valence-electron chi connectivity index (χ1n) is 14.0. The molecular formula is C37H26O9. The van der Waals surface area contributed by atoms with E-state index in [1.54, 1.807) is 66.7 Å². The number of ether oxygens (including phenoxy) is 2. The van der Waals surface area contributed by atoms with Crippen molar-refractivity contribution in [2.24, 2.45) is 0 Å². The standard InChI is InChI=1S/C37H26O9/c1-22(38)24-17-19-26(20-18-24)32(40)30-28(37(44)45-21-23-11-5-2-6-12-23)29(31(39)25-13-7-3-8-14-25)33(41)34(42)35(30)46-36(43)27-15-9-4-10-16-27/h2-20,41-42H,21H2,1H3. The third kappa shape index (κ3) is 6.44. The first-order valence-corrected chi connectivity index (χ1v) is 14.0. The van der Waals surface area contributed by atoms with Crippen molar-refractivity contribution in [3.8, 4) is 17.2 Å². The van der Waals surface area contributed by atoms with Crippen molar-refractivity contribution < 1.29 is 43.7 Å². The van der Waals surface area contributed by atoms with E-state index in [0.29, 0.717) is 11.1 Å². The molecule has 5 rings (SSSR count). The van der Waals surface area contributed by atoms with Crippen LogP contribution in [0.2, 0.25) is 0 Å². The number of benzene rings is 5. The Balaban J connectivity index is 1.77. The summed E-state index contributed by atoms with van der Waals surface area (Å²) in [6.45, 7) is 1.07. The van der Waals surface area contributed by atoms with Crippen LogP contribution in [0.1, 0.15) is 75.4 Å². The molecule has 0 amide bonds. The van der Waals surface area contributed by atoms with Crippen LogP contribution in [-0.2, 0) is 11.3 Å². The molecular weight excluding hydrogens is 588 g/mol. The smallest absolute Gasteiger partial charge is 0.343 e. The van der Waals surface area contributed by atoms with Crippen molar-refractivity contribution in [1.82, 2.24) is 0 Å². The molecule has 0 radical (unpaired) electrons. The van der Waals surface area contributed by atoms with E-state index in [4.69, 9.17) is 9.47 Å². The topological polar surface area (TPSA) is 144 Å². The van der Waals surface area contributed by atoms with Gasteiger partial charge in [-0.1, -0.05) is 103 Å². The van der Waals surface area contributed by atoms with Gasteiger partial charge >= 0.3 is 11.9 Å². The SMILES string of the molecule is CC(=O)c1ccc(C(=O)c2c(OC(=O)c3ccccc3)c(O)c(O)c(C(=O)c3ccccc3)c2C(=O)OCc2ccccc2)cc1. The zero-order valence-corrected chi connectivity index (χ0v) is 24.4. The summed E-state index contributed by atoms with van der Waals surface area (Å²) < 4.78 is 11.0. The highest BCUT2D eigenvalue weighted by Crippen LogP contribution is 2.46. The normalized spacial score (nSPS) is 10.5. The van der Waals surface area contributed by atoms with Crippen molar-refractivity contribution in [2.75, 3.05) is 0 Å². The molecule has 0 aliphatic heterocycles. The van der Waals surface area contributed by atoms with Crippen LogP contribution in [0.3, 0.4) is 0 Å². The third-order valence-electron chi connectivity index (χ3n) is 7.07. The number of phenolic OH excluding ortho intramolecular Hbond substituents is 2. The van der Waals surface area contributed by atoms with E-state index in [0.717, 1.165) is 0 Å². The van der Waals surface area contributed by atoms with Crippen LogP contribution in [0.15, 0.2) is 115 Å². The lowest BCUT2D eigenvalue weighted by Gasteiger charge is -2.20. The van der Waals surface area contributed by atoms with Gasteiger partial charge in [-0.3, -0.25) is 14.4 Å². The number of phenols is 2. The Morgan fingerprint density at radius 1 is 0.522 bits per heavy atom. The molecule has 5 aromatic rings. The molecule has 0 spiro atoms. The highest BCUT2D eigenvalue weighted by molar-refractivity contribution is 6.24. The molecule has 228 valence electrons. The molecule has 9 nitrogen and oxygen atoms in total. The van der Waals surface area contributed by atoms with E-state index in [2.05, 4.69) is 0 Å². The van der Waals surface area contributed by atoms with Crippen LogP contribution < -0.4 is 4.74 Å². The average molecular weight is 615 g/mol. The van der Waals surface area contributed by atoms with Crippen molar-refractivity contribution >= 4 is 29.3 Å². The van der Waals surface area contributed by atoms with Gasteiger partial charge in [0.05, 0.1) is 22.3 Å². The van der Waals surface area contributed by atoms with Crippen LogP contribution >= 0.6 is 0 Å². The zero-order chi connectivity index (χ0) is 32.8. The lowest BCUT2D eigenvalue weighted by molar-refractivity contribution is 0.0464. The summed E-state index contributed by atoms with van der Waals surface area (Å²) in [4.78, 5) is 67.1. The molecule has 0 unspecified atom stereocenters. The van der Waals surface area contributed by atoms with E-state index in [1.165, 1.54) is 55.5 Å². The first kappa shape index (κ1) is 31.1. The zero-order valence-electron chi connectivity index (χ0n) is 24.4. The second-order valence-corrected chi connectivity index (χ2v) is 10.1. The quantitative estimate of drug-likeness (QED) is 0.0797. The molecule has 0 aliphatic rings. The molecule has 5 aromatic carbocycles. The molecule has 0 saturated carbocycles. The molecule has 0 bridgehead atoms. The fraction of sp³-hybridized carbons (Fsp3) is 0.0541. The minimum Gasteiger partial charge on any atom is -0.504 e. The molecule has 2 N–H and O–H groups in total. The van der Waals surface area contributed by atoms with E-state index >= 15 is 0 Å². The average Bonchev–Trinajstić information content (AvgIpc) is 3.09. The van der Waals surface area contributed by atoms with Gasteiger partial charge in [-0.15, -0.1) is 0 Å². The highest BCUT2D eigenvalue weighted by atomic mass is 16.5. The number of carbonyl (C=O) groups is 5. The number of Topliss-reactive ketones (excluding diaryl/α,β-unsaturated/α-hetero) is 1. The fourth-order valence-electron chi connectivity index (χ4n) is 4.70. The van der Waals surface area contributed by atoms with Gasteiger partial charge in [0.1, 0.15) is 6.61 Å². The Morgan fingerprint density at radius 2 is 1.00 bits per heavy atom. The monoisotopic (exact) mass is 614 g/mol. The number of rotatable bonds is 10. The summed E-state index contributed by atoms with van der Waals surface area (Å²) in [5.74, 6) is -7.45. The van der Waals surface area contributed by atoms with Gasteiger partial charge in [-0.2, -0.15) is 0 Å². The summed E-state index contributed by atoms with van der Waals surface area (Å²) in [5.41, 5.74) is -1.31. The molecule has 0 heterocycles. The highest BCUT2D eigenvalue weighted by Gasteiger charge is 2.37. The predicted molar refractivity (Wildman–Crippen MR) is 166 cm³/mol. The van der Waals surface area contributed by atoms with Crippen molar-refractivity contribution in [2.45, 2.75) is 13.5 Å². The van der Waals surface area contributed by atoms with E-state index in [1.807, 2.05) is 0 Å². The van der Waals surface area contributed by atoms with Gasteiger partial charge in [0.25, 0.3) is 0 Å². The Labute approximate surface area is 263 Å². The summed E-state index contributed by atoms with van der Waals surface area (Å²) >= 11 is 0. The Hall–Kier alpha value is -6.35. The summed E-state index contributed by atoms with van der Waals surface area (Å²) in [6.07, 6.45) is 0. The van der Waals surface area contributed by atoms with Crippen LogP contribution in [0.4, 0.5) is 0 Å². The summed E-state index contributed by atoms with van der Waals surface area (Å²) in [5, 5.41) is 22.5. The fourth-order valence-corrected chi connectivity index (χ4v) is 4.70. The Morgan fingerprint density at radius 3 is 1.57 bits per heavy atom. The van der Waals surface area contributed by atoms with Gasteiger partial charge < -0.3 is 19.7 Å². The molecule has 9 heteroatoms. The summed E-state index contributed by atoms with van der Waals surface area (Å²) in [6, 6.07) is 29.2. The maximum atomic E-state index is 14.3. The number of esters is 2. The van der Waals surface area contributed by atoms with Crippen LogP contribution in [-0.4, -0.2) is 39.5 Å². The number of hydrogen-bond donors (Lipinski definition) is 2. The van der Waals surface area contributed by atoms with Gasteiger partial charge in [-0.05, 0) is 24.6 Å². The van der Waals surface area contributed by atoms with Gasteiger partial charge in [0.2, 0.25) is 5.75 Å². The largest absolute Gasteiger partial charge is 0.504 e. The van der Waals surface area contributed by atoms with E-state index in [-0.39, 0.29) is 29.1 Å².